The van der Waals surface area contributed by atoms with Crippen molar-refractivity contribution in [2.75, 3.05) is 0 Å². The Morgan fingerprint density at radius 1 is 1.18 bits per heavy atom. The van der Waals surface area contributed by atoms with E-state index in [1.165, 1.54) is 0 Å². The van der Waals surface area contributed by atoms with E-state index in [0.717, 1.165) is 11.1 Å². The highest BCUT2D eigenvalue weighted by Gasteiger charge is 2.30. The van der Waals surface area contributed by atoms with Crippen LogP contribution in [-0.2, 0) is 0 Å². The Morgan fingerprint density at radius 2 is 1.91 bits per heavy atom. The summed E-state index contributed by atoms with van der Waals surface area (Å²) in [5, 5.41) is 0. The molecule has 110 valence electrons. The van der Waals surface area contributed by atoms with Crippen molar-refractivity contribution >= 4 is 5.78 Å². The third-order valence-corrected chi connectivity index (χ3v) is 3.84. The van der Waals surface area contributed by atoms with Crippen LogP contribution in [0.15, 0.2) is 71.5 Å². The molecule has 0 saturated heterocycles. The molecule has 4 nitrogen and oxygen atoms in total. The first-order valence-electron chi connectivity index (χ1n) is 7.11. The highest BCUT2D eigenvalue weighted by atomic mass is 16.4. The van der Waals surface area contributed by atoms with Crippen LogP contribution in [0.1, 0.15) is 23.5 Å². The van der Waals surface area contributed by atoms with Crippen molar-refractivity contribution in [3.63, 3.8) is 0 Å². The highest BCUT2D eigenvalue weighted by Crippen LogP contribution is 2.35. The van der Waals surface area contributed by atoms with Crippen molar-refractivity contribution in [2.45, 2.75) is 12.8 Å². The molecule has 3 rings (SSSR count). The number of aromatic nitrogens is 2. The van der Waals surface area contributed by atoms with Crippen LogP contribution in [0.3, 0.4) is 0 Å². The molecule has 4 heteroatoms. The molecular formula is C18H16N2O2. The zero-order valence-electron chi connectivity index (χ0n) is 12.2. The summed E-state index contributed by atoms with van der Waals surface area (Å²) in [6, 6.07) is 5.50. The third-order valence-electron chi connectivity index (χ3n) is 3.84. The monoisotopic (exact) mass is 292 g/mol. The number of nitrogens with zero attached hydrogens (tertiary/aromatic N) is 2. The summed E-state index contributed by atoms with van der Waals surface area (Å²) >= 11 is 0. The second-order valence-electron chi connectivity index (χ2n) is 5.17. The van der Waals surface area contributed by atoms with E-state index in [4.69, 9.17) is 4.42 Å². The van der Waals surface area contributed by atoms with E-state index in [1.54, 1.807) is 24.5 Å². The van der Waals surface area contributed by atoms with E-state index in [0.29, 0.717) is 24.3 Å². The fourth-order valence-electron chi connectivity index (χ4n) is 2.67. The number of carbonyl (C=O) groups is 1. The van der Waals surface area contributed by atoms with Crippen LogP contribution < -0.4 is 0 Å². The standard InChI is InChI=1S/C18H16N2O2/c1-3-12-9-14(10-13(12)4-2)17(21)18-20-11-16(22-18)15-7-5-6-8-19-15/h3-8,11,14H,1-2,9-10H2. The molecule has 22 heavy (non-hydrogen) atoms. The molecule has 2 heterocycles. The lowest BCUT2D eigenvalue weighted by Gasteiger charge is -2.05. The van der Waals surface area contributed by atoms with Crippen LogP contribution in [-0.4, -0.2) is 15.8 Å². The number of hydrogen-bond donors (Lipinski definition) is 0. The number of ketones is 1. The van der Waals surface area contributed by atoms with Gasteiger partial charge in [-0.3, -0.25) is 9.78 Å². The van der Waals surface area contributed by atoms with E-state index in [1.807, 2.05) is 18.2 Å². The molecule has 0 aromatic carbocycles. The summed E-state index contributed by atoms with van der Waals surface area (Å²) < 4.78 is 5.59. The van der Waals surface area contributed by atoms with Crippen molar-refractivity contribution in [1.82, 2.24) is 9.97 Å². The van der Waals surface area contributed by atoms with Crippen LogP contribution in [0.2, 0.25) is 0 Å². The Balaban J connectivity index is 1.79. The van der Waals surface area contributed by atoms with Crippen molar-refractivity contribution in [3.05, 3.63) is 72.9 Å². The SMILES string of the molecule is C=CC1=C(C=C)CC(C(=O)c2ncc(-c3ccccn3)o2)C1. The van der Waals surface area contributed by atoms with Gasteiger partial charge < -0.3 is 4.42 Å². The molecule has 0 aliphatic heterocycles. The fourth-order valence-corrected chi connectivity index (χ4v) is 2.67. The van der Waals surface area contributed by atoms with Gasteiger partial charge in [-0.2, -0.15) is 0 Å². The van der Waals surface area contributed by atoms with E-state index >= 15 is 0 Å². The Kier molecular flexibility index (Phi) is 3.83. The minimum absolute atomic E-state index is 0.0848. The molecular weight excluding hydrogens is 276 g/mol. The Morgan fingerprint density at radius 3 is 2.50 bits per heavy atom. The maximum Gasteiger partial charge on any atom is 0.264 e. The topological polar surface area (TPSA) is 56.0 Å². The second-order valence-corrected chi connectivity index (χ2v) is 5.17. The number of pyridine rings is 1. The zero-order chi connectivity index (χ0) is 15.5. The van der Waals surface area contributed by atoms with Crippen molar-refractivity contribution in [2.24, 2.45) is 5.92 Å². The van der Waals surface area contributed by atoms with E-state index in [9.17, 15) is 4.79 Å². The Hall–Kier alpha value is -2.75. The predicted molar refractivity (Wildman–Crippen MR) is 84.2 cm³/mol. The maximum absolute atomic E-state index is 12.5. The van der Waals surface area contributed by atoms with Gasteiger partial charge in [0.15, 0.2) is 5.76 Å². The summed E-state index contributed by atoms with van der Waals surface area (Å²) in [6.45, 7) is 7.57. The smallest absolute Gasteiger partial charge is 0.264 e. The Labute approximate surface area is 128 Å². The highest BCUT2D eigenvalue weighted by molar-refractivity contribution is 5.95. The average molecular weight is 292 g/mol. The van der Waals surface area contributed by atoms with Crippen molar-refractivity contribution in [3.8, 4) is 11.5 Å². The molecule has 0 unspecified atom stereocenters. The van der Waals surface area contributed by atoms with Gasteiger partial charge in [0.05, 0.1) is 6.20 Å². The molecule has 2 aromatic heterocycles. The number of hydrogen-bond acceptors (Lipinski definition) is 4. The first-order valence-corrected chi connectivity index (χ1v) is 7.11. The van der Waals surface area contributed by atoms with E-state index in [-0.39, 0.29) is 17.6 Å². The molecule has 0 saturated carbocycles. The lowest BCUT2D eigenvalue weighted by molar-refractivity contribution is 0.0890. The number of Topliss-reactive ketones (excluding diaryl/α,β-unsaturated/α-hetero) is 1. The molecule has 0 atom stereocenters. The van der Waals surface area contributed by atoms with Gasteiger partial charge in [0.2, 0.25) is 5.78 Å². The summed E-state index contributed by atoms with van der Waals surface area (Å²) in [6.07, 6.45) is 8.11. The molecule has 0 N–H and O–H groups in total. The number of rotatable bonds is 5. The molecule has 0 bridgehead atoms. The van der Waals surface area contributed by atoms with Crippen molar-refractivity contribution in [1.29, 1.82) is 0 Å². The number of allylic oxidation sites excluding steroid dienone is 4. The van der Waals surface area contributed by atoms with E-state index < -0.39 is 0 Å². The largest absolute Gasteiger partial charge is 0.432 e. The van der Waals surface area contributed by atoms with Gasteiger partial charge in [-0.1, -0.05) is 31.4 Å². The maximum atomic E-state index is 12.5. The number of carbonyl (C=O) groups excluding carboxylic acids is 1. The Bertz CT molecular complexity index is 736. The summed E-state index contributed by atoms with van der Waals surface area (Å²) in [5.74, 6) is 0.400. The normalized spacial score (nSPS) is 15.1. The molecule has 1 aliphatic carbocycles. The molecule has 0 amide bonds. The average Bonchev–Trinajstić information content (AvgIpc) is 3.21. The quantitative estimate of drug-likeness (QED) is 0.782. The summed E-state index contributed by atoms with van der Waals surface area (Å²) in [5.41, 5.74) is 2.81. The van der Waals surface area contributed by atoms with Gasteiger partial charge in [0.1, 0.15) is 5.69 Å². The van der Waals surface area contributed by atoms with E-state index in [2.05, 4.69) is 23.1 Å². The molecule has 0 spiro atoms. The van der Waals surface area contributed by atoms with Crippen molar-refractivity contribution < 1.29 is 9.21 Å². The van der Waals surface area contributed by atoms with Gasteiger partial charge in [-0.25, -0.2) is 4.98 Å². The molecule has 0 radical (unpaired) electrons. The molecule has 0 fully saturated rings. The number of oxazole rings is 1. The van der Waals surface area contributed by atoms with Gasteiger partial charge in [0.25, 0.3) is 5.89 Å². The van der Waals surface area contributed by atoms with Gasteiger partial charge >= 0.3 is 0 Å². The van der Waals surface area contributed by atoms with Crippen LogP contribution in [0.5, 0.6) is 0 Å². The van der Waals surface area contributed by atoms with Gasteiger partial charge in [-0.15, -0.1) is 0 Å². The summed E-state index contributed by atoms with van der Waals surface area (Å²) in [7, 11) is 0. The minimum Gasteiger partial charge on any atom is -0.432 e. The lowest BCUT2D eigenvalue weighted by atomic mass is 9.99. The van der Waals surface area contributed by atoms with Crippen LogP contribution >= 0.6 is 0 Å². The van der Waals surface area contributed by atoms with Gasteiger partial charge in [-0.05, 0) is 36.1 Å². The first kappa shape index (κ1) is 14.2. The predicted octanol–water partition coefficient (Wildman–Crippen LogP) is 4.00. The second kappa shape index (κ2) is 5.93. The fraction of sp³-hybridized carbons (Fsp3) is 0.167. The van der Waals surface area contributed by atoms with Crippen LogP contribution in [0.4, 0.5) is 0 Å². The van der Waals surface area contributed by atoms with Crippen LogP contribution in [0.25, 0.3) is 11.5 Å². The first-order chi connectivity index (χ1) is 10.7. The van der Waals surface area contributed by atoms with Crippen LogP contribution in [0, 0.1) is 5.92 Å². The van der Waals surface area contributed by atoms with Gasteiger partial charge in [0, 0.05) is 12.1 Å². The summed E-state index contributed by atoms with van der Waals surface area (Å²) in [4.78, 5) is 20.8. The minimum atomic E-state index is -0.156. The molecule has 1 aliphatic rings. The third kappa shape index (κ3) is 2.55. The zero-order valence-corrected chi connectivity index (χ0v) is 12.2. The molecule has 2 aromatic rings. The lowest BCUT2D eigenvalue weighted by Crippen LogP contribution is -2.12.